The molecule has 0 atom stereocenters. The molecule has 2 aliphatic heterocycles. The molecular weight excluding hydrogens is 760 g/mol. The molecule has 7 heteroatoms. The Labute approximate surface area is 303 Å². The van der Waals surface area contributed by atoms with Crippen LogP contribution in [0.5, 0.6) is 0 Å². The predicted octanol–water partition coefficient (Wildman–Crippen LogP) is 9.55. The molecule has 0 unspecified atom stereocenters. The second-order valence-corrected chi connectivity index (χ2v) is 12.7. The Hall–Kier alpha value is -4.02. The third kappa shape index (κ3) is 7.28. The van der Waals surface area contributed by atoms with Crippen LogP contribution in [0.1, 0.15) is 84.2 Å². The van der Waals surface area contributed by atoms with Gasteiger partial charge < -0.3 is 24.6 Å². The summed E-state index contributed by atoms with van der Waals surface area (Å²) in [5.41, 5.74) is 9.20. The molecule has 0 spiro atoms. The van der Waals surface area contributed by atoms with Crippen molar-refractivity contribution >= 4 is 33.2 Å². The van der Waals surface area contributed by atoms with Crippen molar-refractivity contribution in [2.45, 2.75) is 59.3 Å². The Morgan fingerprint density at radius 3 is 1.83 bits per heavy atom. The molecule has 2 aromatic heterocycles. The Balaban J connectivity index is 0.000000321. The first-order valence-corrected chi connectivity index (χ1v) is 15.7. The van der Waals surface area contributed by atoms with Crippen molar-refractivity contribution in [3.05, 3.63) is 128 Å². The van der Waals surface area contributed by atoms with Gasteiger partial charge in [-0.3, -0.25) is 4.98 Å². The second kappa shape index (κ2) is 14.4. The summed E-state index contributed by atoms with van der Waals surface area (Å²) in [6, 6.07) is 22.2. The van der Waals surface area contributed by atoms with E-state index < -0.39 is 14.0 Å². The molecule has 0 N–H and O–H groups in total. The first-order valence-electron chi connectivity index (χ1n) is 18.7. The van der Waals surface area contributed by atoms with Gasteiger partial charge >= 0.3 is 21.1 Å². The van der Waals surface area contributed by atoms with E-state index in [-0.39, 0.29) is 32.9 Å². The van der Waals surface area contributed by atoms with Crippen LogP contribution in [0.4, 0.5) is 11.4 Å². The zero-order chi connectivity index (χ0) is 37.5. The molecule has 0 fully saturated rings. The van der Waals surface area contributed by atoms with Gasteiger partial charge in [0, 0.05) is 20.6 Å². The van der Waals surface area contributed by atoms with Crippen LogP contribution in [0, 0.1) is 19.4 Å². The third-order valence-electron chi connectivity index (χ3n) is 8.33. The number of rotatable bonds is 6. The molecule has 244 valence electrons. The van der Waals surface area contributed by atoms with E-state index in [9.17, 15) is 0 Å². The Kier molecular flexibility index (Phi) is 8.26. The molecule has 6 nitrogen and oxygen atoms in total. The van der Waals surface area contributed by atoms with Crippen LogP contribution in [-0.2, 0) is 21.1 Å². The summed E-state index contributed by atoms with van der Waals surface area (Å²) in [7, 11) is 0. The molecule has 0 amide bonds. The SMILES string of the molecule is [2H]C([2H])([2H])N1C=CN(c2[c-]c(N3C=CN(C([2H])([2H])[2H])[CH-]3)cc(-c3c(C(C)C)cc(C(C)C)cc3C(C)C)c2)[CH-]1.[Pt+4].c1ccc2c(c1)[n-]c1cnccc12. The predicted molar refractivity (Wildman–Crippen MR) is 193 cm³/mol. The van der Waals surface area contributed by atoms with Crippen LogP contribution in [0.15, 0.2) is 91.8 Å². The molecule has 0 aliphatic carbocycles. The van der Waals surface area contributed by atoms with Crippen molar-refractivity contribution in [1.29, 1.82) is 0 Å². The van der Waals surface area contributed by atoms with Gasteiger partial charge in [-0.1, -0.05) is 77.9 Å². The number of anilines is 2. The van der Waals surface area contributed by atoms with Gasteiger partial charge in [0.05, 0.1) is 0 Å². The zero-order valence-electron chi connectivity index (χ0n) is 33.5. The fourth-order valence-electron chi connectivity index (χ4n) is 5.88. The molecule has 4 heterocycles. The Bertz CT molecular complexity index is 1980. The molecule has 7 rings (SSSR count). The largest absolute Gasteiger partial charge is 4.00 e. The van der Waals surface area contributed by atoms with Crippen molar-refractivity contribution < 1.29 is 29.3 Å². The first-order chi connectivity index (χ1) is 24.5. The number of aromatic nitrogens is 2. The maximum absolute atomic E-state index is 7.78. The summed E-state index contributed by atoms with van der Waals surface area (Å²) in [5.74, 6) is 0.913. The minimum atomic E-state index is -2.31. The van der Waals surface area contributed by atoms with Gasteiger partial charge in [0.1, 0.15) is 0 Å². The average Bonchev–Trinajstić information content (AvgIpc) is 3.87. The Morgan fingerprint density at radius 2 is 1.30 bits per heavy atom. The van der Waals surface area contributed by atoms with E-state index in [2.05, 4.69) is 75.8 Å². The van der Waals surface area contributed by atoms with Gasteiger partial charge in [-0.05, 0) is 95.6 Å². The standard InChI is InChI=1S/C29H37N4.C11H7N2.Pt/c1-20(2)23-15-27(21(3)4)29(28(16-23)22(5)6)24-13-25(32-11-9-30(7)18-32)17-26(14-24)33-12-10-31(8)19-33;1-2-4-10-8(3-1)9-5-6-12-7-11(9)13-10;/h9-16,18-22H,1-8H3;1-7H;/q-3;-1;+4/i7D3,8D3;;. The molecule has 0 bridgehead atoms. The van der Waals surface area contributed by atoms with Gasteiger partial charge in [-0.2, -0.15) is 13.3 Å². The topological polar surface area (TPSA) is 40.0 Å². The minimum absolute atomic E-state index is 0. The van der Waals surface area contributed by atoms with Gasteiger partial charge in [-0.25, -0.2) is 0 Å². The van der Waals surface area contributed by atoms with Crippen LogP contribution in [0.3, 0.4) is 0 Å². The van der Waals surface area contributed by atoms with E-state index in [0.29, 0.717) is 17.3 Å². The van der Waals surface area contributed by atoms with Crippen molar-refractivity contribution in [3.8, 4) is 11.1 Å². The summed E-state index contributed by atoms with van der Waals surface area (Å²) in [5, 5.41) is 2.39. The van der Waals surface area contributed by atoms with E-state index in [0.717, 1.165) is 22.2 Å². The summed E-state index contributed by atoms with van der Waals surface area (Å²) in [6.45, 7) is 11.6. The molecule has 0 saturated heterocycles. The molecule has 2 aliphatic rings. The van der Waals surface area contributed by atoms with Gasteiger partial charge in [0.15, 0.2) is 0 Å². The van der Waals surface area contributed by atoms with E-state index >= 15 is 0 Å². The monoisotopic (exact) mass is 809 g/mol. The third-order valence-corrected chi connectivity index (χ3v) is 8.33. The fraction of sp³-hybridized carbons (Fsp3) is 0.275. The Morgan fingerprint density at radius 1 is 0.723 bits per heavy atom. The summed E-state index contributed by atoms with van der Waals surface area (Å²) < 4.78 is 46.7. The molecule has 0 saturated carbocycles. The van der Waals surface area contributed by atoms with E-state index in [1.54, 1.807) is 34.6 Å². The summed E-state index contributed by atoms with van der Waals surface area (Å²) >= 11 is 0. The van der Waals surface area contributed by atoms with Crippen LogP contribution in [0.2, 0.25) is 0 Å². The van der Waals surface area contributed by atoms with Crippen molar-refractivity contribution in [3.63, 3.8) is 0 Å². The molecular formula is C40H44N6Pt. The van der Waals surface area contributed by atoms with Gasteiger partial charge in [-0.15, -0.1) is 46.2 Å². The van der Waals surface area contributed by atoms with Gasteiger partial charge in [0.2, 0.25) is 0 Å². The summed E-state index contributed by atoms with van der Waals surface area (Å²) in [6.07, 6.45) is 10.0. The van der Waals surface area contributed by atoms with E-state index in [4.69, 9.17) is 8.22 Å². The fourth-order valence-corrected chi connectivity index (χ4v) is 5.88. The number of fused-ring (bicyclic) bond motifs is 3. The van der Waals surface area contributed by atoms with Crippen molar-refractivity contribution in [1.82, 2.24) is 19.8 Å². The minimum Gasteiger partial charge on any atom is -0.656 e. The van der Waals surface area contributed by atoms with Gasteiger partial charge in [0.25, 0.3) is 0 Å². The molecule has 0 radical (unpaired) electrons. The van der Waals surface area contributed by atoms with Crippen LogP contribution in [-0.4, -0.2) is 28.7 Å². The number of hydrogen-bond acceptors (Lipinski definition) is 5. The summed E-state index contributed by atoms with van der Waals surface area (Å²) in [4.78, 5) is 14.3. The quantitative estimate of drug-likeness (QED) is 0.159. The maximum Gasteiger partial charge on any atom is 4.00 e. The first kappa shape index (κ1) is 27.0. The molecule has 3 aromatic carbocycles. The van der Waals surface area contributed by atoms with E-state index in [1.165, 1.54) is 63.0 Å². The van der Waals surface area contributed by atoms with Crippen molar-refractivity contribution in [2.75, 3.05) is 23.8 Å². The number of hydrogen-bond donors (Lipinski definition) is 0. The molecule has 5 aromatic rings. The number of benzene rings is 3. The average molecular weight is 810 g/mol. The smallest absolute Gasteiger partial charge is 0.656 e. The van der Waals surface area contributed by atoms with Crippen molar-refractivity contribution in [2.24, 2.45) is 0 Å². The molecule has 47 heavy (non-hydrogen) atoms. The van der Waals surface area contributed by atoms with Crippen LogP contribution >= 0.6 is 0 Å². The van der Waals surface area contributed by atoms with Crippen LogP contribution in [0.25, 0.3) is 32.9 Å². The normalized spacial score (nSPS) is 16.7. The number of pyridine rings is 1. The van der Waals surface area contributed by atoms with E-state index in [1.807, 2.05) is 36.4 Å². The van der Waals surface area contributed by atoms with Crippen LogP contribution < -0.4 is 14.8 Å². The number of nitrogens with zero attached hydrogens (tertiary/aromatic N) is 6. The second-order valence-electron chi connectivity index (χ2n) is 12.7. The maximum atomic E-state index is 7.78. The zero-order valence-corrected chi connectivity index (χ0v) is 29.8. The number of para-hydroxylation sites is 1.